The molecule has 0 amide bonds. The lowest BCUT2D eigenvalue weighted by Crippen LogP contribution is -2.42. The van der Waals surface area contributed by atoms with Crippen LogP contribution in [-0.4, -0.2) is 37.2 Å². The number of thiazole rings is 1. The van der Waals surface area contributed by atoms with E-state index in [-0.39, 0.29) is 0 Å². The summed E-state index contributed by atoms with van der Waals surface area (Å²) >= 11 is 1.65. The van der Waals surface area contributed by atoms with Crippen molar-refractivity contribution in [2.45, 2.75) is 19.8 Å². The molecule has 7 heteroatoms. The Balaban J connectivity index is 2.14. The van der Waals surface area contributed by atoms with E-state index in [4.69, 9.17) is 10.6 Å². The number of hydrogen-bond acceptors (Lipinski definition) is 5. The third kappa shape index (κ3) is 6.53. The number of hydrogen-bond donors (Lipinski definition) is 3. The summed E-state index contributed by atoms with van der Waals surface area (Å²) in [6.45, 7) is 4.93. The first-order valence-corrected chi connectivity index (χ1v) is 6.95. The molecule has 0 radical (unpaired) electrons. The molecule has 0 aromatic carbocycles. The molecule has 0 fully saturated rings. The summed E-state index contributed by atoms with van der Waals surface area (Å²) in [6, 6.07) is 0. The Morgan fingerprint density at radius 1 is 1.61 bits per heavy atom. The molecule has 1 aromatic heterocycles. The van der Waals surface area contributed by atoms with Gasteiger partial charge >= 0.3 is 0 Å². The lowest BCUT2D eigenvalue weighted by atomic mass is 10.4. The van der Waals surface area contributed by atoms with Gasteiger partial charge in [0.2, 0.25) is 5.96 Å². The van der Waals surface area contributed by atoms with Gasteiger partial charge in [-0.15, -0.1) is 11.3 Å². The summed E-state index contributed by atoms with van der Waals surface area (Å²) in [5.74, 6) is 6.00. The Morgan fingerprint density at radius 3 is 3.17 bits per heavy atom. The molecule has 1 rings (SSSR count). The van der Waals surface area contributed by atoms with Gasteiger partial charge in [0, 0.05) is 44.3 Å². The van der Waals surface area contributed by atoms with Crippen LogP contribution >= 0.6 is 11.3 Å². The molecule has 1 heterocycles. The van der Waals surface area contributed by atoms with Gasteiger partial charge in [-0.3, -0.25) is 10.4 Å². The number of rotatable bonds is 8. The van der Waals surface area contributed by atoms with E-state index in [2.05, 4.69) is 20.7 Å². The molecular formula is C11H21N5OS. The van der Waals surface area contributed by atoms with E-state index >= 15 is 0 Å². The monoisotopic (exact) mass is 271 g/mol. The second-order valence-electron chi connectivity index (χ2n) is 3.53. The fraction of sp³-hybridized carbons (Fsp3) is 0.636. The number of aliphatic imine (C=N–C) groups is 1. The van der Waals surface area contributed by atoms with Crippen molar-refractivity contribution < 1.29 is 4.74 Å². The number of nitrogens with zero attached hydrogens (tertiary/aromatic N) is 2. The van der Waals surface area contributed by atoms with Crippen molar-refractivity contribution in [2.24, 2.45) is 10.8 Å². The van der Waals surface area contributed by atoms with Gasteiger partial charge in [0.1, 0.15) is 0 Å². The maximum atomic E-state index is 5.39. The van der Waals surface area contributed by atoms with Gasteiger partial charge in [-0.1, -0.05) is 0 Å². The average Bonchev–Trinajstić information content (AvgIpc) is 2.89. The molecule has 0 saturated heterocycles. The third-order valence-electron chi connectivity index (χ3n) is 2.17. The van der Waals surface area contributed by atoms with E-state index in [0.717, 1.165) is 37.6 Å². The number of guanidine groups is 1. The first-order valence-electron chi connectivity index (χ1n) is 6.08. The summed E-state index contributed by atoms with van der Waals surface area (Å²) in [5, 5.41) is 6.22. The van der Waals surface area contributed by atoms with Crippen LogP contribution in [0.15, 0.2) is 16.6 Å². The van der Waals surface area contributed by atoms with Crippen molar-refractivity contribution in [3.05, 3.63) is 16.6 Å². The number of aromatic nitrogens is 1. The van der Waals surface area contributed by atoms with Gasteiger partial charge in [0.25, 0.3) is 0 Å². The summed E-state index contributed by atoms with van der Waals surface area (Å²) < 4.78 is 5.23. The minimum atomic E-state index is 0.614. The number of nitrogens with two attached hydrogens (primary N) is 1. The predicted octanol–water partition coefficient (Wildman–Crippen LogP) is 0.521. The molecule has 0 aliphatic carbocycles. The number of ether oxygens (including phenoxy) is 1. The first kappa shape index (κ1) is 14.9. The second-order valence-corrected chi connectivity index (χ2v) is 4.51. The highest BCUT2D eigenvalue weighted by Crippen LogP contribution is 2.03. The van der Waals surface area contributed by atoms with Crippen molar-refractivity contribution in [2.75, 3.05) is 26.3 Å². The summed E-state index contributed by atoms with van der Waals surface area (Å²) in [7, 11) is 0. The van der Waals surface area contributed by atoms with Gasteiger partial charge in [0.05, 0.1) is 5.01 Å². The van der Waals surface area contributed by atoms with E-state index in [0.29, 0.717) is 12.5 Å². The van der Waals surface area contributed by atoms with Gasteiger partial charge in [-0.05, 0) is 13.3 Å². The Labute approximate surface area is 112 Å². The molecule has 0 aliphatic rings. The average molecular weight is 271 g/mol. The quantitative estimate of drug-likeness (QED) is 0.211. The zero-order chi connectivity index (χ0) is 13.1. The molecule has 0 aliphatic heterocycles. The highest BCUT2D eigenvalue weighted by Gasteiger charge is 1.98. The second kappa shape index (κ2) is 9.81. The van der Waals surface area contributed by atoms with Gasteiger partial charge < -0.3 is 10.1 Å². The van der Waals surface area contributed by atoms with Crippen LogP contribution in [0, 0.1) is 0 Å². The van der Waals surface area contributed by atoms with E-state index in [1.807, 2.05) is 18.5 Å². The zero-order valence-corrected chi connectivity index (χ0v) is 11.5. The summed E-state index contributed by atoms with van der Waals surface area (Å²) in [5.41, 5.74) is 2.55. The van der Waals surface area contributed by atoms with Crippen molar-refractivity contribution in [1.29, 1.82) is 0 Å². The van der Waals surface area contributed by atoms with Crippen LogP contribution in [0.3, 0.4) is 0 Å². The van der Waals surface area contributed by atoms with Crippen molar-refractivity contribution in [3.8, 4) is 0 Å². The fourth-order valence-electron chi connectivity index (χ4n) is 1.32. The maximum Gasteiger partial charge on any atom is 0.205 e. The fourth-order valence-corrected chi connectivity index (χ4v) is 1.94. The standard InChI is InChI=1S/C11H21N5OS/c1-2-17-8-3-5-14-11(16-12)15-6-4-10-13-7-9-18-10/h7,9H,2-6,8,12H2,1H3,(H2,14,15,16). The highest BCUT2D eigenvalue weighted by atomic mass is 32.1. The van der Waals surface area contributed by atoms with Crippen molar-refractivity contribution in [1.82, 2.24) is 15.7 Å². The molecule has 0 spiro atoms. The van der Waals surface area contributed by atoms with Crippen molar-refractivity contribution in [3.63, 3.8) is 0 Å². The molecule has 102 valence electrons. The minimum absolute atomic E-state index is 0.614. The molecule has 1 aromatic rings. The van der Waals surface area contributed by atoms with Crippen LogP contribution in [0.2, 0.25) is 0 Å². The van der Waals surface area contributed by atoms with E-state index in [1.54, 1.807) is 11.3 Å². The van der Waals surface area contributed by atoms with Crippen LogP contribution < -0.4 is 16.6 Å². The highest BCUT2D eigenvalue weighted by molar-refractivity contribution is 7.09. The lowest BCUT2D eigenvalue weighted by molar-refractivity contribution is 0.146. The number of hydrazine groups is 1. The van der Waals surface area contributed by atoms with Crippen LogP contribution in [0.4, 0.5) is 0 Å². The normalized spacial score (nSPS) is 11.6. The third-order valence-corrected chi connectivity index (χ3v) is 3.01. The molecule has 0 atom stereocenters. The molecule has 0 bridgehead atoms. The minimum Gasteiger partial charge on any atom is -0.382 e. The van der Waals surface area contributed by atoms with E-state index in [1.165, 1.54) is 0 Å². The Hall–Kier alpha value is -1.18. The molecule has 4 N–H and O–H groups in total. The van der Waals surface area contributed by atoms with Crippen molar-refractivity contribution >= 4 is 17.3 Å². The largest absolute Gasteiger partial charge is 0.382 e. The van der Waals surface area contributed by atoms with Crippen LogP contribution in [0.5, 0.6) is 0 Å². The van der Waals surface area contributed by atoms with E-state index < -0.39 is 0 Å². The predicted molar refractivity (Wildman–Crippen MR) is 74.6 cm³/mol. The Bertz CT molecular complexity index is 328. The lowest BCUT2D eigenvalue weighted by Gasteiger charge is -2.08. The van der Waals surface area contributed by atoms with Crippen LogP contribution in [0.25, 0.3) is 0 Å². The van der Waals surface area contributed by atoms with E-state index in [9.17, 15) is 0 Å². The SMILES string of the molecule is CCOCCCN=C(NN)NCCc1nccs1. The summed E-state index contributed by atoms with van der Waals surface area (Å²) in [6.07, 6.45) is 3.58. The van der Waals surface area contributed by atoms with Crippen LogP contribution in [-0.2, 0) is 11.2 Å². The van der Waals surface area contributed by atoms with Gasteiger partial charge in [0.15, 0.2) is 0 Å². The van der Waals surface area contributed by atoms with Gasteiger partial charge in [-0.2, -0.15) is 0 Å². The Kier molecular flexibility index (Phi) is 8.11. The zero-order valence-electron chi connectivity index (χ0n) is 10.7. The molecular weight excluding hydrogens is 250 g/mol. The molecule has 18 heavy (non-hydrogen) atoms. The summed E-state index contributed by atoms with van der Waals surface area (Å²) in [4.78, 5) is 8.51. The maximum absolute atomic E-state index is 5.39. The molecule has 6 nitrogen and oxygen atoms in total. The Morgan fingerprint density at radius 2 is 2.50 bits per heavy atom. The molecule has 0 saturated carbocycles. The molecule has 0 unspecified atom stereocenters. The van der Waals surface area contributed by atoms with Gasteiger partial charge in [-0.25, -0.2) is 10.8 Å². The number of nitrogens with one attached hydrogen (secondary N) is 2. The topological polar surface area (TPSA) is 84.6 Å². The first-order chi connectivity index (χ1) is 8.86. The smallest absolute Gasteiger partial charge is 0.205 e. The van der Waals surface area contributed by atoms with Crippen LogP contribution in [0.1, 0.15) is 18.4 Å².